The molecular weight excluding hydrogens is 396 g/mol. The molecule has 0 amide bonds. The number of hydrogen-bond acceptors (Lipinski definition) is 3. The minimum atomic E-state index is 0.368. The highest BCUT2D eigenvalue weighted by atomic mass is 16.3. The third-order valence-corrected chi connectivity index (χ3v) is 5.16. The number of nitrogens with zero attached hydrogens (tertiary/aromatic N) is 2. The van der Waals surface area contributed by atoms with Crippen LogP contribution in [0.3, 0.4) is 0 Å². The number of H-pyrrole nitrogens is 2. The smallest absolute Gasteiger partial charge is 0.118 e. The van der Waals surface area contributed by atoms with Gasteiger partial charge in [0.2, 0.25) is 0 Å². The van der Waals surface area contributed by atoms with Crippen molar-refractivity contribution in [1.29, 1.82) is 0 Å². The van der Waals surface area contributed by atoms with Gasteiger partial charge in [-0.05, 0) is 91.4 Å². The first kappa shape index (κ1) is 19.6. The molecule has 32 heavy (non-hydrogen) atoms. The molecule has 2 aliphatic rings. The van der Waals surface area contributed by atoms with Crippen LogP contribution in [0.25, 0.3) is 46.4 Å². The average molecular weight is 419 g/mol. The van der Waals surface area contributed by atoms with Gasteiger partial charge in [-0.3, -0.25) is 0 Å². The fourth-order valence-electron chi connectivity index (χ4n) is 3.51. The highest BCUT2D eigenvalue weighted by Gasteiger charge is 2.01. The quantitative estimate of drug-likeness (QED) is 0.269. The van der Waals surface area contributed by atoms with Crippen LogP contribution in [0.5, 0.6) is 5.75 Å². The van der Waals surface area contributed by atoms with Crippen molar-refractivity contribution in [3.05, 3.63) is 101 Å². The third-order valence-electron chi connectivity index (χ3n) is 5.16. The largest absolute Gasteiger partial charge is 0.508 e. The monoisotopic (exact) mass is 418 g/mol. The summed E-state index contributed by atoms with van der Waals surface area (Å²) < 4.78 is 0. The molecular formula is C27H22N4O. The van der Waals surface area contributed by atoms with Gasteiger partial charge in [0.1, 0.15) is 5.75 Å². The molecule has 5 nitrogen and oxygen atoms in total. The summed E-state index contributed by atoms with van der Waals surface area (Å²) in [6.07, 6.45) is 8.09. The van der Waals surface area contributed by atoms with Crippen LogP contribution < -0.4 is 0 Å². The summed E-state index contributed by atoms with van der Waals surface area (Å²) in [5.74, 6) is 0.368. The molecule has 1 aromatic carbocycles. The number of nitrogens with one attached hydrogen (secondary N) is 2. The van der Waals surface area contributed by atoms with E-state index >= 15 is 0 Å². The highest BCUT2D eigenvalue weighted by Crippen LogP contribution is 2.17. The topological polar surface area (TPSA) is 77.6 Å². The molecule has 0 spiro atoms. The molecule has 3 aromatic heterocycles. The number of phenolic OH excluding ortho intramolecular Hbond substituents is 1. The van der Waals surface area contributed by atoms with E-state index < -0.39 is 0 Å². The molecule has 3 N–H and O–H groups in total. The van der Waals surface area contributed by atoms with Crippen LogP contribution >= 0.6 is 0 Å². The zero-order valence-corrected chi connectivity index (χ0v) is 17.6. The van der Waals surface area contributed by atoms with E-state index in [0.29, 0.717) is 5.75 Å². The summed E-state index contributed by atoms with van der Waals surface area (Å²) in [5, 5.41) is 8.92. The van der Waals surface area contributed by atoms with E-state index in [2.05, 4.69) is 44.2 Å². The number of aromatic nitrogens is 4. The van der Waals surface area contributed by atoms with E-state index in [1.807, 2.05) is 73.7 Å². The van der Waals surface area contributed by atoms with E-state index in [0.717, 1.165) is 50.4 Å². The third kappa shape index (κ3) is 4.52. The number of aromatic amines is 2. The van der Waals surface area contributed by atoms with Gasteiger partial charge < -0.3 is 15.1 Å². The first-order valence-electron chi connectivity index (χ1n) is 10.4. The maximum absolute atomic E-state index is 8.92. The lowest BCUT2D eigenvalue weighted by Gasteiger charge is -1.92. The number of hydrogen-bond donors (Lipinski definition) is 3. The van der Waals surface area contributed by atoms with E-state index in [-0.39, 0.29) is 0 Å². The minimum Gasteiger partial charge on any atom is -0.508 e. The zero-order valence-electron chi connectivity index (χ0n) is 17.6. The van der Waals surface area contributed by atoms with Gasteiger partial charge in [-0.15, -0.1) is 0 Å². The van der Waals surface area contributed by atoms with Crippen molar-refractivity contribution in [3.63, 3.8) is 0 Å². The number of phenols is 1. The predicted molar refractivity (Wildman–Crippen MR) is 132 cm³/mol. The predicted octanol–water partition coefficient (Wildman–Crippen LogP) is 6.36. The van der Waals surface area contributed by atoms with Crippen LogP contribution in [0.1, 0.15) is 28.3 Å². The zero-order chi connectivity index (χ0) is 21.9. The number of rotatable bonds is 0. The van der Waals surface area contributed by atoms with Crippen LogP contribution in [0.2, 0.25) is 0 Å². The van der Waals surface area contributed by atoms with E-state index in [1.54, 1.807) is 6.07 Å². The Balaban J connectivity index is 0.000000230. The molecule has 0 fully saturated rings. The van der Waals surface area contributed by atoms with Gasteiger partial charge in [-0.2, -0.15) is 0 Å². The number of aryl methyl sites for hydroxylation is 1. The Hall–Kier alpha value is -4.38. The number of benzene rings is 1. The molecule has 156 valence electrons. The van der Waals surface area contributed by atoms with Crippen molar-refractivity contribution in [1.82, 2.24) is 19.9 Å². The van der Waals surface area contributed by atoms with Crippen LogP contribution in [0.15, 0.2) is 72.8 Å². The molecule has 4 aromatic rings. The van der Waals surface area contributed by atoms with Gasteiger partial charge in [0.05, 0.1) is 22.8 Å². The Morgan fingerprint density at radius 2 is 0.938 bits per heavy atom. The summed E-state index contributed by atoms with van der Waals surface area (Å²) in [6.45, 7) is 1.87. The Kier molecular flexibility index (Phi) is 5.14. The molecule has 2 aliphatic heterocycles. The second-order valence-corrected chi connectivity index (χ2v) is 7.69. The Morgan fingerprint density at radius 3 is 1.25 bits per heavy atom. The summed E-state index contributed by atoms with van der Waals surface area (Å²) >= 11 is 0. The first-order chi connectivity index (χ1) is 15.6. The first-order valence-corrected chi connectivity index (χ1v) is 10.4. The lowest BCUT2D eigenvalue weighted by molar-refractivity contribution is 0.471. The molecule has 5 heterocycles. The second-order valence-electron chi connectivity index (χ2n) is 7.69. The molecule has 5 heteroatoms. The van der Waals surface area contributed by atoms with Gasteiger partial charge in [-0.1, -0.05) is 18.2 Å². The van der Waals surface area contributed by atoms with Crippen molar-refractivity contribution in [2.24, 2.45) is 0 Å². The van der Waals surface area contributed by atoms with Crippen molar-refractivity contribution < 1.29 is 5.11 Å². The standard InChI is InChI=1S/C20H14N4.C7H8O/c1-2-14-10-16-5-6-18(23-16)12-20-8-7-19(24-20)11-17-4-3-15(22-17)9-13(1)21-14;1-6-4-2-3-5-7(6)8/h1-12,21,24H;2-5,8H,1H3. The SMILES string of the molecule is C1=Cc2cc3ccc(cc4nc(cc5ccc(cc1n2)[nH]5)C=C4)[nH]3.Cc1ccccc1O. The summed E-state index contributed by atoms with van der Waals surface area (Å²) in [6, 6.07) is 23.6. The molecule has 0 radical (unpaired) electrons. The number of aromatic hydroxyl groups is 1. The van der Waals surface area contributed by atoms with Gasteiger partial charge in [0.15, 0.2) is 0 Å². The summed E-state index contributed by atoms with van der Waals surface area (Å²) in [7, 11) is 0. The van der Waals surface area contributed by atoms with Crippen molar-refractivity contribution in [2.75, 3.05) is 0 Å². The second kappa shape index (κ2) is 8.40. The highest BCUT2D eigenvalue weighted by molar-refractivity contribution is 5.77. The molecule has 0 aliphatic carbocycles. The fraction of sp³-hybridized carbons (Fsp3) is 0.0370. The normalized spacial score (nSPS) is 11.8. The summed E-state index contributed by atoms with van der Waals surface area (Å²) in [4.78, 5) is 16.0. The molecule has 8 bridgehead atoms. The maximum Gasteiger partial charge on any atom is 0.118 e. The number of fused-ring (bicyclic) bond motifs is 8. The molecule has 0 saturated heterocycles. The van der Waals surface area contributed by atoms with Crippen molar-refractivity contribution >= 4 is 46.4 Å². The number of para-hydroxylation sites is 1. The fourth-order valence-corrected chi connectivity index (χ4v) is 3.51. The van der Waals surface area contributed by atoms with E-state index in [9.17, 15) is 0 Å². The Labute approximate surface area is 185 Å². The molecule has 6 rings (SSSR count). The minimum absolute atomic E-state index is 0.368. The van der Waals surface area contributed by atoms with Gasteiger partial charge in [0, 0.05) is 22.1 Å². The van der Waals surface area contributed by atoms with Crippen LogP contribution in [-0.2, 0) is 0 Å². The lowest BCUT2D eigenvalue weighted by atomic mass is 10.2. The molecule has 0 unspecified atom stereocenters. The van der Waals surface area contributed by atoms with Crippen molar-refractivity contribution in [3.8, 4) is 5.75 Å². The van der Waals surface area contributed by atoms with Crippen molar-refractivity contribution in [2.45, 2.75) is 6.92 Å². The average Bonchev–Trinajstić information content (AvgIpc) is 3.57. The van der Waals surface area contributed by atoms with E-state index in [1.165, 1.54) is 0 Å². The van der Waals surface area contributed by atoms with Crippen LogP contribution in [-0.4, -0.2) is 25.0 Å². The van der Waals surface area contributed by atoms with Crippen LogP contribution in [0.4, 0.5) is 0 Å². The van der Waals surface area contributed by atoms with Gasteiger partial charge in [0.25, 0.3) is 0 Å². The Morgan fingerprint density at radius 1 is 0.562 bits per heavy atom. The molecule has 0 atom stereocenters. The summed E-state index contributed by atoms with van der Waals surface area (Å²) in [5.41, 5.74) is 8.78. The maximum atomic E-state index is 8.92. The van der Waals surface area contributed by atoms with Gasteiger partial charge in [-0.25, -0.2) is 9.97 Å². The molecule has 0 saturated carbocycles. The Bertz CT molecular complexity index is 1310. The lowest BCUT2D eigenvalue weighted by Crippen LogP contribution is -1.75. The van der Waals surface area contributed by atoms with Crippen LogP contribution in [0, 0.1) is 6.92 Å². The van der Waals surface area contributed by atoms with E-state index in [4.69, 9.17) is 5.11 Å². The van der Waals surface area contributed by atoms with Gasteiger partial charge >= 0.3 is 0 Å².